The van der Waals surface area contributed by atoms with Crippen molar-refractivity contribution in [2.24, 2.45) is 0 Å². The number of hydrogen-bond acceptors (Lipinski definition) is 7. The molecule has 0 bridgehead atoms. The molecule has 0 saturated carbocycles. The molecule has 2 N–H and O–H groups in total. The van der Waals surface area contributed by atoms with Gasteiger partial charge in [0.2, 0.25) is 5.91 Å². The number of thiophene rings is 1. The average Bonchev–Trinajstić information content (AvgIpc) is 3.44. The summed E-state index contributed by atoms with van der Waals surface area (Å²) in [5.74, 6) is 0.455. The third kappa shape index (κ3) is 5.77. The lowest BCUT2D eigenvalue weighted by atomic mass is 9.99. The van der Waals surface area contributed by atoms with Crippen LogP contribution in [0.2, 0.25) is 0 Å². The molecule has 9 nitrogen and oxygen atoms in total. The zero-order valence-corrected chi connectivity index (χ0v) is 26.0. The number of nitrogens with zero attached hydrogens (tertiary/aromatic N) is 4. The first kappa shape index (κ1) is 28.9. The molecule has 2 aromatic carbocycles. The molecule has 0 spiro atoms. The fourth-order valence-corrected chi connectivity index (χ4v) is 7.26. The van der Waals surface area contributed by atoms with Crippen LogP contribution in [0.3, 0.4) is 0 Å². The summed E-state index contributed by atoms with van der Waals surface area (Å²) >= 11 is 1.59. The maximum atomic E-state index is 13.7. The Bertz CT molecular complexity index is 1600. The Morgan fingerprint density at radius 2 is 1.81 bits per heavy atom. The molecular formula is C33H38N6O3S. The number of piperazine rings is 1. The van der Waals surface area contributed by atoms with Gasteiger partial charge in [0.15, 0.2) is 5.70 Å². The van der Waals surface area contributed by atoms with E-state index in [4.69, 9.17) is 0 Å². The van der Waals surface area contributed by atoms with Gasteiger partial charge in [-0.3, -0.25) is 14.5 Å². The Kier molecular flexibility index (Phi) is 7.98. The molecule has 10 heteroatoms. The molecule has 43 heavy (non-hydrogen) atoms. The van der Waals surface area contributed by atoms with E-state index in [2.05, 4.69) is 15.5 Å². The summed E-state index contributed by atoms with van der Waals surface area (Å²) < 4.78 is 0.933. The van der Waals surface area contributed by atoms with Crippen LogP contribution >= 0.6 is 11.3 Å². The number of benzene rings is 2. The zero-order chi connectivity index (χ0) is 30.2. The molecule has 3 aliphatic rings. The molecule has 3 aromatic rings. The number of nitrogens with one attached hydrogen (secondary N) is 2. The van der Waals surface area contributed by atoms with E-state index in [1.165, 1.54) is 23.3 Å². The molecule has 0 unspecified atom stereocenters. The summed E-state index contributed by atoms with van der Waals surface area (Å²) in [4.78, 5) is 33.8. The number of rotatable bonds is 5. The minimum atomic E-state index is -0.312. The number of likely N-dealkylation sites (N-methyl/N-ethyl adjacent to an activating group) is 3. The van der Waals surface area contributed by atoms with Crippen molar-refractivity contribution in [3.05, 3.63) is 91.9 Å². The van der Waals surface area contributed by atoms with Gasteiger partial charge < -0.3 is 20.3 Å². The predicted molar refractivity (Wildman–Crippen MR) is 172 cm³/mol. The Labute approximate surface area is 256 Å². The van der Waals surface area contributed by atoms with Gasteiger partial charge in [0.1, 0.15) is 18.3 Å². The Morgan fingerprint density at radius 1 is 1.05 bits per heavy atom. The number of aryl methyl sites for hydroxylation is 2. The molecule has 1 atom stereocenters. The molecule has 224 valence electrons. The maximum Gasteiger partial charge on any atom is 0.277 e. The van der Waals surface area contributed by atoms with Gasteiger partial charge in [-0.1, -0.05) is 24.3 Å². The van der Waals surface area contributed by atoms with E-state index in [-0.39, 0.29) is 17.9 Å². The van der Waals surface area contributed by atoms with E-state index >= 15 is 0 Å². The van der Waals surface area contributed by atoms with E-state index in [0.29, 0.717) is 23.8 Å². The first-order valence-electron chi connectivity index (χ1n) is 14.8. The number of amides is 2. The van der Waals surface area contributed by atoms with Crippen LogP contribution in [-0.4, -0.2) is 77.9 Å². The topological polar surface area (TPSA) is 94.0 Å². The monoisotopic (exact) mass is 598 g/mol. The smallest absolute Gasteiger partial charge is 0.277 e. The van der Waals surface area contributed by atoms with Gasteiger partial charge in [0, 0.05) is 49.5 Å². The van der Waals surface area contributed by atoms with E-state index in [1.807, 2.05) is 87.7 Å². The molecule has 2 amide bonds. The molecule has 1 aromatic heterocycles. The van der Waals surface area contributed by atoms with Crippen molar-refractivity contribution in [3.63, 3.8) is 0 Å². The SMILES string of the molecule is Cc1c(NC(=O)c2cc3c(s2)CCCC3)cccc1C1=CN(C)CC(Nc2ccc([C@@H]3C(=O)N(C)CCN3C)cc2)=[N+]1[O-]. The van der Waals surface area contributed by atoms with Crippen LogP contribution in [0.15, 0.2) is 54.7 Å². The minimum absolute atomic E-state index is 0.0848. The lowest BCUT2D eigenvalue weighted by Gasteiger charge is -2.37. The lowest BCUT2D eigenvalue weighted by molar-refractivity contribution is -0.356. The van der Waals surface area contributed by atoms with Crippen molar-refractivity contribution >= 4 is 46.1 Å². The molecule has 6 rings (SSSR count). The van der Waals surface area contributed by atoms with Crippen molar-refractivity contribution in [1.82, 2.24) is 14.7 Å². The fraction of sp³-hybridized carbons (Fsp3) is 0.364. The highest BCUT2D eigenvalue weighted by Crippen LogP contribution is 2.32. The van der Waals surface area contributed by atoms with Crippen molar-refractivity contribution in [2.75, 3.05) is 51.4 Å². The van der Waals surface area contributed by atoms with Gasteiger partial charge in [-0.2, -0.15) is 0 Å². The van der Waals surface area contributed by atoms with Crippen molar-refractivity contribution in [3.8, 4) is 0 Å². The summed E-state index contributed by atoms with van der Waals surface area (Å²) in [7, 11) is 5.73. The number of amidine groups is 1. The van der Waals surface area contributed by atoms with E-state index in [0.717, 1.165) is 57.9 Å². The van der Waals surface area contributed by atoms with Crippen molar-refractivity contribution < 1.29 is 14.3 Å². The Balaban J connectivity index is 1.21. The second-order valence-electron chi connectivity index (χ2n) is 11.8. The first-order valence-corrected chi connectivity index (χ1v) is 15.6. The molecule has 1 fully saturated rings. The molecule has 1 aliphatic carbocycles. The fourth-order valence-electron chi connectivity index (χ4n) is 6.11. The van der Waals surface area contributed by atoms with Gasteiger partial charge in [0.05, 0.1) is 4.88 Å². The van der Waals surface area contributed by atoms with Gasteiger partial charge in [-0.25, -0.2) is 10.1 Å². The Morgan fingerprint density at radius 3 is 2.58 bits per heavy atom. The summed E-state index contributed by atoms with van der Waals surface area (Å²) in [6.07, 6.45) is 6.29. The number of fused-ring (bicyclic) bond motifs is 1. The highest BCUT2D eigenvalue weighted by Gasteiger charge is 2.32. The molecule has 3 heterocycles. The lowest BCUT2D eigenvalue weighted by Crippen LogP contribution is -2.48. The second-order valence-corrected chi connectivity index (χ2v) is 12.9. The zero-order valence-electron chi connectivity index (χ0n) is 25.1. The maximum absolute atomic E-state index is 13.7. The number of hydroxylamine groups is 1. The van der Waals surface area contributed by atoms with Crippen LogP contribution < -0.4 is 10.6 Å². The first-order chi connectivity index (χ1) is 20.7. The van der Waals surface area contributed by atoms with Gasteiger partial charge in [-0.15, -0.1) is 11.3 Å². The van der Waals surface area contributed by atoms with Crippen LogP contribution in [0.5, 0.6) is 0 Å². The Hall–Kier alpha value is -4.15. The quantitative estimate of drug-likeness (QED) is 0.321. The largest absolute Gasteiger partial charge is 0.710 e. The highest BCUT2D eigenvalue weighted by atomic mass is 32.1. The molecule has 1 saturated heterocycles. The summed E-state index contributed by atoms with van der Waals surface area (Å²) in [5, 5.41) is 20.1. The highest BCUT2D eigenvalue weighted by molar-refractivity contribution is 7.14. The van der Waals surface area contributed by atoms with Crippen LogP contribution in [0.1, 0.15) is 55.7 Å². The standard InChI is InChI=1S/C33H38N6O3S/c1-21-25(9-7-10-26(21)35-32(40)29-18-23-8-5-6-11-28(23)43-29)27-19-36(2)20-30(39(27)42)34-24-14-12-22(13-15-24)31-33(41)38(4)17-16-37(31)3/h7,9-10,12-15,18-19,31,34H,5-6,8,11,16-17,20H2,1-4H3,(H,35,40)/t31-/m1/s1. The summed E-state index contributed by atoms with van der Waals surface area (Å²) in [6, 6.07) is 15.1. The second kappa shape index (κ2) is 11.9. The average molecular weight is 599 g/mol. The number of carbonyl (C=O) groups is 2. The van der Waals surface area contributed by atoms with Crippen LogP contribution in [0.25, 0.3) is 5.70 Å². The third-order valence-corrected chi connectivity index (χ3v) is 9.87. The number of carbonyl (C=O) groups excluding carboxylic acids is 2. The van der Waals surface area contributed by atoms with Crippen molar-refractivity contribution in [2.45, 2.75) is 38.6 Å². The van der Waals surface area contributed by atoms with Crippen LogP contribution in [-0.2, 0) is 17.6 Å². The van der Waals surface area contributed by atoms with Gasteiger partial charge in [-0.05, 0) is 80.6 Å². The van der Waals surface area contributed by atoms with Crippen molar-refractivity contribution in [1.29, 1.82) is 0 Å². The number of hydrogen-bond donors (Lipinski definition) is 2. The third-order valence-electron chi connectivity index (χ3n) is 8.64. The summed E-state index contributed by atoms with van der Waals surface area (Å²) in [5.41, 5.74) is 5.76. The minimum Gasteiger partial charge on any atom is -0.710 e. The van der Waals surface area contributed by atoms with E-state index in [1.54, 1.807) is 16.2 Å². The molecule has 0 radical (unpaired) electrons. The van der Waals surface area contributed by atoms with Gasteiger partial charge >= 0.3 is 0 Å². The van der Waals surface area contributed by atoms with Crippen LogP contribution in [0, 0.1) is 12.1 Å². The normalized spacial score (nSPS) is 19.3. The van der Waals surface area contributed by atoms with Crippen LogP contribution in [0.4, 0.5) is 11.4 Å². The molecule has 2 aliphatic heterocycles. The predicted octanol–water partition coefficient (Wildman–Crippen LogP) is 4.90. The van der Waals surface area contributed by atoms with Gasteiger partial charge in [0.25, 0.3) is 11.7 Å². The summed E-state index contributed by atoms with van der Waals surface area (Å²) in [6.45, 7) is 3.87. The molecular weight excluding hydrogens is 560 g/mol. The van der Waals surface area contributed by atoms with E-state index < -0.39 is 0 Å². The number of anilines is 2. The van der Waals surface area contributed by atoms with E-state index in [9.17, 15) is 14.8 Å².